The smallest absolute Gasteiger partial charge is 0.333 e. The number of aliphatic carboxylic acids is 1. The second-order valence-corrected chi connectivity index (χ2v) is 9.22. The van der Waals surface area contributed by atoms with Crippen molar-refractivity contribution >= 4 is 11.9 Å². The first-order valence-electron chi connectivity index (χ1n) is 12.9. The number of carbonyl (C=O) groups excluding carboxylic acids is 1. The van der Waals surface area contributed by atoms with Gasteiger partial charge in [0.05, 0.1) is 0 Å². The zero-order valence-corrected chi connectivity index (χ0v) is 21.1. The fourth-order valence-electron chi connectivity index (χ4n) is 4.68. The summed E-state index contributed by atoms with van der Waals surface area (Å²) in [5.74, 6) is -0.348. The molecule has 1 aliphatic rings. The number of amides is 1. The molecule has 3 rings (SSSR count). The van der Waals surface area contributed by atoms with E-state index in [1.807, 2.05) is 17.0 Å². The van der Waals surface area contributed by atoms with Gasteiger partial charge in [-0.15, -0.1) is 0 Å². The van der Waals surface area contributed by atoms with Crippen molar-refractivity contribution in [3.05, 3.63) is 65.2 Å². The second-order valence-electron chi connectivity index (χ2n) is 9.22. The number of carboxylic acid groups (broad SMARTS) is 1. The molecule has 2 aromatic carbocycles. The molecule has 0 heterocycles. The van der Waals surface area contributed by atoms with E-state index in [9.17, 15) is 14.7 Å². The van der Waals surface area contributed by atoms with Crippen molar-refractivity contribution in [2.45, 2.75) is 77.4 Å². The van der Waals surface area contributed by atoms with Gasteiger partial charge in [-0.05, 0) is 61.4 Å². The molecule has 190 valence electrons. The summed E-state index contributed by atoms with van der Waals surface area (Å²) < 4.78 is 11.1. The van der Waals surface area contributed by atoms with E-state index in [4.69, 9.17) is 9.47 Å². The molecule has 0 bridgehead atoms. The lowest BCUT2D eigenvalue weighted by Gasteiger charge is -2.34. The molecule has 1 fully saturated rings. The highest BCUT2D eigenvalue weighted by Crippen LogP contribution is 2.24. The molecule has 1 amide bonds. The molecule has 0 aromatic heterocycles. The SMILES string of the molecule is CCOC(Cc1ccc(OCC(=O)N(CCc2ccc(CC)cc2)C2CCCCC2)cc1)C(=O)O. The molecule has 0 aliphatic heterocycles. The van der Waals surface area contributed by atoms with E-state index in [0.29, 0.717) is 18.9 Å². The van der Waals surface area contributed by atoms with Crippen LogP contribution in [0.1, 0.15) is 62.6 Å². The number of carbonyl (C=O) groups is 2. The van der Waals surface area contributed by atoms with E-state index in [0.717, 1.165) is 31.2 Å². The monoisotopic (exact) mass is 481 g/mol. The fraction of sp³-hybridized carbons (Fsp3) is 0.517. The third kappa shape index (κ3) is 8.39. The average molecular weight is 482 g/mol. The molecule has 1 atom stereocenters. The Bertz CT molecular complexity index is 919. The predicted octanol–water partition coefficient (Wildman–Crippen LogP) is 5.06. The molecule has 1 aliphatic carbocycles. The van der Waals surface area contributed by atoms with Gasteiger partial charge in [0.25, 0.3) is 5.91 Å². The van der Waals surface area contributed by atoms with Crippen molar-refractivity contribution < 1.29 is 24.2 Å². The highest BCUT2D eigenvalue weighted by Gasteiger charge is 2.25. The molecule has 1 saturated carbocycles. The van der Waals surface area contributed by atoms with Gasteiger partial charge in [0.2, 0.25) is 0 Å². The van der Waals surface area contributed by atoms with Crippen LogP contribution in [0, 0.1) is 0 Å². The lowest BCUT2D eigenvalue weighted by Crippen LogP contribution is -2.44. The maximum atomic E-state index is 13.2. The van der Waals surface area contributed by atoms with Gasteiger partial charge in [-0.3, -0.25) is 4.79 Å². The van der Waals surface area contributed by atoms with Crippen molar-refractivity contribution in [3.8, 4) is 5.75 Å². The van der Waals surface area contributed by atoms with Gasteiger partial charge in [-0.25, -0.2) is 4.79 Å². The highest BCUT2D eigenvalue weighted by atomic mass is 16.5. The Morgan fingerprint density at radius 1 is 0.943 bits per heavy atom. The van der Waals surface area contributed by atoms with Gasteiger partial charge >= 0.3 is 5.97 Å². The summed E-state index contributed by atoms with van der Waals surface area (Å²) in [5.41, 5.74) is 3.42. The minimum atomic E-state index is -0.970. The lowest BCUT2D eigenvalue weighted by molar-refractivity contribution is -0.150. The summed E-state index contributed by atoms with van der Waals surface area (Å²) in [6, 6.07) is 16.2. The Morgan fingerprint density at radius 3 is 2.17 bits per heavy atom. The van der Waals surface area contributed by atoms with Crippen molar-refractivity contribution in [2.75, 3.05) is 19.8 Å². The number of aryl methyl sites for hydroxylation is 1. The van der Waals surface area contributed by atoms with Gasteiger partial charge in [0.1, 0.15) is 5.75 Å². The molecule has 6 heteroatoms. The Kier molecular flexibility index (Phi) is 10.6. The van der Waals surface area contributed by atoms with Crippen molar-refractivity contribution in [1.29, 1.82) is 0 Å². The maximum Gasteiger partial charge on any atom is 0.333 e. The number of nitrogens with zero attached hydrogens (tertiary/aromatic N) is 1. The standard InChI is InChI=1S/C29H39NO5/c1-3-22-10-12-23(13-11-22)18-19-30(25-8-6-5-7-9-25)28(31)21-35-26-16-14-24(15-17-26)20-27(29(32)33)34-4-2/h10-17,25,27H,3-9,18-21H2,1-2H3,(H,32,33). The van der Waals surface area contributed by atoms with E-state index in [-0.39, 0.29) is 25.0 Å². The van der Waals surface area contributed by atoms with E-state index < -0.39 is 12.1 Å². The second kappa shape index (κ2) is 13.9. The quantitative estimate of drug-likeness (QED) is 0.433. The third-order valence-electron chi connectivity index (χ3n) is 6.76. The predicted molar refractivity (Wildman–Crippen MR) is 137 cm³/mol. The zero-order chi connectivity index (χ0) is 25.0. The first kappa shape index (κ1) is 26.7. The summed E-state index contributed by atoms with van der Waals surface area (Å²) in [4.78, 5) is 26.6. The number of benzene rings is 2. The summed E-state index contributed by atoms with van der Waals surface area (Å²) in [6.45, 7) is 4.98. The molecule has 0 radical (unpaired) electrons. The van der Waals surface area contributed by atoms with Gasteiger partial charge in [0, 0.05) is 25.6 Å². The Balaban J connectivity index is 1.57. The Hall–Kier alpha value is -2.86. The van der Waals surface area contributed by atoms with Crippen LogP contribution < -0.4 is 4.74 Å². The van der Waals surface area contributed by atoms with E-state index in [2.05, 4.69) is 31.2 Å². The number of hydrogen-bond acceptors (Lipinski definition) is 4. The summed E-state index contributed by atoms with van der Waals surface area (Å²) in [7, 11) is 0. The van der Waals surface area contributed by atoms with Crippen LogP contribution in [0.25, 0.3) is 0 Å². The highest BCUT2D eigenvalue weighted by molar-refractivity contribution is 5.78. The summed E-state index contributed by atoms with van der Waals surface area (Å²) in [5, 5.41) is 9.27. The first-order chi connectivity index (χ1) is 17.0. The largest absolute Gasteiger partial charge is 0.484 e. The van der Waals surface area contributed by atoms with Crippen LogP contribution in [-0.4, -0.2) is 53.8 Å². The minimum Gasteiger partial charge on any atom is -0.484 e. The van der Waals surface area contributed by atoms with Gasteiger partial charge in [-0.2, -0.15) is 0 Å². The van der Waals surface area contributed by atoms with Crippen molar-refractivity contribution in [1.82, 2.24) is 4.90 Å². The van der Waals surface area contributed by atoms with Crippen molar-refractivity contribution in [3.63, 3.8) is 0 Å². The van der Waals surface area contributed by atoms with Crippen LogP contribution in [0.4, 0.5) is 0 Å². The third-order valence-corrected chi connectivity index (χ3v) is 6.76. The minimum absolute atomic E-state index is 0.00131. The molecular weight excluding hydrogens is 442 g/mol. The molecule has 6 nitrogen and oxygen atoms in total. The molecule has 1 N–H and O–H groups in total. The van der Waals surface area contributed by atoms with Crippen LogP contribution in [0.5, 0.6) is 5.75 Å². The van der Waals surface area contributed by atoms with Gasteiger partial charge < -0.3 is 19.5 Å². The molecule has 0 spiro atoms. The number of ether oxygens (including phenoxy) is 2. The molecule has 2 aromatic rings. The van der Waals surface area contributed by atoms with Crippen molar-refractivity contribution in [2.24, 2.45) is 0 Å². The van der Waals surface area contributed by atoms with Gasteiger partial charge in [-0.1, -0.05) is 62.6 Å². The van der Waals surface area contributed by atoms with E-state index >= 15 is 0 Å². The van der Waals surface area contributed by atoms with Gasteiger partial charge in [0.15, 0.2) is 12.7 Å². The van der Waals surface area contributed by atoms with Crippen LogP contribution in [0.3, 0.4) is 0 Å². The lowest BCUT2D eigenvalue weighted by atomic mass is 9.93. The van der Waals surface area contributed by atoms with Crippen LogP contribution in [0.15, 0.2) is 48.5 Å². The molecule has 1 unspecified atom stereocenters. The van der Waals surface area contributed by atoms with E-state index in [1.54, 1.807) is 19.1 Å². The Morgan fingerprint density at radius 2 is 1.57 bits per heavy atom. The Labute approximate surface area is 209 Å². The maximum absolute atomic E-state index is 13.2. The number of hydrogen-bond donors (Lipinski definition) is 1. The molecular formula is C29H39NO5. The topological polar surface area (TPSA) is 76.1 Å². The molecule has 0 saturated heterocycles. The normalized spacial score (nSPS) is 14.9. The van der Waals surface area contributed by atoms with Crippen LogP contribution >= 0.6 is 0 Å². The van der Waals surface area contributed by atoms with E-state index in [1.165, 1.54) is 30.4 Å². The number of carboxylic acids is 1. The van der Waals surface area contributed by atoms with Crippen LogP contribution in [-0.2, 0) is 33.6 Å². The molecule has 35 heavy (non-hydrogen) atoms. The zero-order valence-electron chi connectivity index (χ0n) is 21.1. The number of rotatable bonds is 13. The summed E-state index contributed by atoms with van der Waals surface area (Å²) >= 11 is 0. The van der Waals surface area contributed by atoms with Crippen LogP contribution in [0.2, 0.25) is 0 Å². The summed E-state index contributed by atoms with van der Waals surface area (Å²) in [6.07, 6.45) is 6.98. The average Bonchev–Trinajstić information content (AvgIpc) is 2.89. The first-order valence-corrected chi connectivity index (χ1v) is 12.9. The fourth-order valence-corrected chi connectivity index (χ4v) is 4.68.